The Morgan fingerprint density at radius 2 is 1.78 bits per heavy atom. The Balaban J connectivity index is 2.00. The van der Waals surface area contributed by atoms with Crippen LogP contribution in [0.25, 0.3) is 0 Å². The van der Waals surface area contributed by atoms with Crippen molar-refractivity contribution in [2.75, 3.05) is 13.2 Å². The zero-order valence-electron chi connectivity index (χ0n) is 10.9. The summed E-state index contributed by atoms with van der Waals surface area (Å²) in [5.41, 5.74) is 6.60. The van der Waals surface area contributed by atoms with Gasteiger partial charge in [-0.25, -0.2) is 0 Å². The van der Waals surface area contributed by atoms with Gasteiger partial charge in [0.15, 0.2) is 0 Å². The van der Waals surface area contributed by atoms with E-state index in [0.29, 0.717) is 13.0 Å². The van der Waals surface area contributed by atoms with E-state index in [0.717, 1.165) is 38.6 Å². The number of unbranched alkanes of at least 4 members (excludes halogenated alkanes) is 3. The first-order chi connectivity index (χ1) is 8.83. The summed E-state index contributed by atoms with van der Waals surface area (Å²) in [7, 11) is 0. The maximum absolute atomic E-state index is 11.4. The lowest BCUT2D eigenvalue weighted by Gasteiger charge is -2.05. The minimum Gasteiger partial charge on any atom is -0.465 e. The summed E-state index contributed by atoms with van der Waals surface area (Å²) in [6.45, 7) is 1.22. The first-order valence-corrected chi connectivity index (χ1v) is 6.72. The highest BCUT2D eigenvalue weighted by Gasteiger charge is 2.02. The third-order valence-electron chi connectivity index (χ3n) is 2.83. The normalized spacial score (nSPS) is 10.3. The van der Waals surface area contributed by atoms with E-state index >= 15 is 0 Å². The fraction of sp³-hybridized carbons (Fsp3) is 0.533. The molecule has 1 aromatic rings. The number of carbonyl (C=O) groups is 1. The number of hydrogen-bond acceptors (Lipinski definition) is 3. The van der Waals surface area contributed by atoms with Gasteiger partial charge < -0.3 is 10.5 Å². The molecule has 1 rings (SSSR count). The van der Waals surface area contributed by atoms with Crippen LogP contribution in [-0.4, -0.2) is 19.1 Å². The van der Waals surface area contributed by atoms with E-state index in [9.17, 15) is 4.79 Å². The third kappa shape index (κ3) is 7.07. The molecule has 0 aliphatic carbocycles. The van der Waals surface area contributed by atoms with Crippen molar-refractivity contribution >= 4 is 5.97 Å². The lowest BCUT2D eigenvalue weighted by molar-refractivity contribution is -0.143. The van der Waals surface area contributed by atoms with Gasteiger partial charge in [-0.1, -0.05) is 43.2 Å². The van der Waals surface area contributed by atoms with Gasteiger partial charge in [0.25, 0.3) is 0 Å². The van der Waals surface area contributed by atoms with Crippen LogP contribution in [0.1, 0.15) is 37.7 Å². The number of carbonyl (C=O) groups excluding carboxylic acids is 1. The summed E-state index contributed by atoms with van der Waals surface area (Å²) >= 11 is 0. The number of hydrogen-bond donors (Lipinski definition) is 1. The number of benzene rings is 1. The lowest BCUT2D eigenvalue weighted by Crippen LogP contribution is -2.07. The molecule has 0 bridgehead atoms. The van der Waals surface area contributed by atoms with Gasteiger partial charge in [-0.3, -0.25) is 4.79 Å². The number of nitrogens with two attached hydrogens (primary N) is 1. The highest BCUT2D eigenvalue weighted by Crippen LogP contribution is 2.04. The molecular formula is C15H23NO2. The molecule has 0 aliphatic rings. The van der Waals surface area contributed by atoms with Crippen molar-refractivity contribution < 1.29 is 9.53 Å². The molecule has 0 saturated carbocycles. The Kier molecular flexibility index (Phi) is 7.89. The topological polar surface area (TPSA) is 52.3 Å². The first-order valence-electron chi connectivity index (χ1n) is 6.72. The van der Waals surface area contributed by atoms with Gasteiger partial charge in [0.2, 0.25) is 0 Å². The molecule has 18 heavy (non-hydrogen) atoms. The molecule has 0 radical (unpaired) electrons. The molecule has 2 N–H and O–H groups in total. The van der Waals surface area contributed by atoms with Crippen molar-refractivity contribution in [3.05, 3.63) is 35.9 Å². The maximum atomic E-state index is 11.4. The Bertz CT molecular complexity index is 325. The molecule has 0 spiro atoms. The van der Waals surface area contributed by atoms with E-state index < -0.39 is 0 Å². The monoisotopic (exact) mass is 249 g/mol. The van der Waals surface area contributed by atoms with E-state index in [1.807, 2.05) is 30.3 Å². The molecule has 0 unspecified atom stereocenters. The van der Waals surface area contributed by atoms with Crippen LogP contribution in [0.15, 0.2) is 30.3 Å². The van der Waals surface area contributed by atoms with Crippen LogP contribution in [0.2, 0.25) is 0 Å². The molecule has 0 aromatic heterocycles. The molecule has 0 heterocycles. The Morgan fingerprint density at radius 3 is 2.50 bits per heavy atom. The van der Waals surface area contributed by atoms with Crippen LogP contribution in [0.5, 0.6) is 0 Å². The van der Waals surface area contributed by atoms with Crippen molar-refractivity contribution in [3.63, 3.8) is 0 Å². The van der Waals surface area contributed by atoms with E-state index in [1.165, 1.54) is 5.56 Å². The quantitative estimate of drug-likeness (QED) is 0.541. The van der Waals surface area contributed by atoms with E-state index in [4.69, 9.17) is 10.5 Å². The summed E-state index contributed by atoms with van der Waals surface area (Å²) in [5.74, 6) is -0.0846. The molecule has 0 saturated heterocycles. The maximum Gasteiger partial charge on any atom is 0.305 e. The highest BCUT2D eigenvalue weighted by atomic mass is 16.5. The second kappa shape index (κ2) is 9.66. The van der Waals surface area contributed by atoms with Gasteiger partial charge in [0.05, 0.1) is 6.61 Å². The van der Waals surface area contributed by atoms with E-state index in [-0.39, 0.29) is 5.97 Å². The van der Waals surface area contributed by atoms with Crippen molar-refractivity contribution in [1.29, 1.82) is 0 Å². The predicted molar refractivity (Wildman–Crippen MR) is 73.2 cm³/mol. The molecule has 3 nitrogen and oxygen atoms in total. The van der Waals surface area contributed by atoms with Crippen LogP contribution in [-0.2, 0) is 16.0 Å². The first kappa shape index (κ1) is 14.7. The minimum absolute atomic E-state index is 0.0846. The summed E-state index contributed by atoms with van der Waals surface area (Å²) in [6.07, 6.45) is 5.44. The Hall–Kier alpha value is -1.35. The average molecular weight is 249 g/mol. The van der Waals surface area contributed by atoms with Crippen LogP contribution in [0, 0.1) is 0 Å². The van der Waals surface area contributed by atoms with Gasteiger partial charge in [-0.15, -0.1) is 0 Å². The van der Waals surface area contributed by atoms with Gasteiger partial charge in [-0.05, 0) is 24.9 Å². The largest absolute Gasteiger partial charge is 0.465 e. The van der Waals surface area contributed by atoms with Crippen molar-refractivity contribution in [2.45, 2.75) is 38.5 Å². The molecule has 0 aliphatic heterocycles. The molecule has 1 aromatic carbocycles. The lowest BCUT2D eigenvalue weighted by atomic mass is 10.1. The van der Waals surface area contributed by atoms with Crippen LogP contribution in [0.4, 0.5) is 0 Å². The highest BCUT2D eigenvalue weighted by molar-refractivity contribution is 5.69. The molecule has 3 heteroatoms. The standard InChI is InChI=1S/C15H23NO2/c16-12-7-2-1-6-10-15(17)18-13-11-14-8-4-3-5-9-14/h3-5,8-9H,1-2,6-7,10-13,16H2. The average Bonchev–Trinajstić information content (AvgIpc) is 2.40. The van der Waals surface area contributed by atoms with Gasteiger partial charge in [0, 0.05) is 12.8 Å². The summed E-state index contributed by atoms with van der Waals surface area (Å²) < 4.78 is 5.19. The van der Waals surface area contributed by atoms with E-state index in [1.54, 1.807) is 0 Å². The SMILES string of the molecule is NCCCCCCC(=O)OCCc1ccccc1. The second-order valence-electron chi connectivity index (χ2n) is 4.41. The number of ether oxygens (including phenoxy) is 1. The van der Waals surface area contributed by atoms with Gasteiger partial charge in [0.1, 0.15) is 0 Å². The zero-order valence-corrected chi connectivity index (χ0v) is 10.9. The molecule has 0 amide bonds. The molecule has 0 atom stereocenters. The third-order valence-corrected chi connectivity index (χ3v) is 2.83. The van der Waals surface area contributed by atoms with Crippen molar-refractivity contribution in [2.24, 2.45) is 5.73 Å². The van der Waals surface area contributed by atoms with Crippen LogP contribution < -0.4 is 5.73 Å². The fourth-order valence-electron chi connectivity index (χ4n) is 1.77. The van der Waals surface area contributed by atoms with Gasteiger partial charge >= 0.3 is 5.97 Å². The number of esters is 1. The zero-order chi connectivity index (χ0) is 13.1. The Labute approximate surface area is 109 Å². The Morgan fingerprint density at radius 1 is 1.06 bits per heavy atom. The summed E-state index contributed by atoms with van der Waals surface area (Å²) in [6, 6.07) is 10.1. The van der Waals surface area contributed by atoms with E-state index in [2.05, 4.69) is 0 Å². The fourth-order valence-corrected chi connectivity index (χ4v) is 1.77. The summed E-state index contributed by atoms with van der Waals surface area (Å²) in [4.78, 5) is 11.4. The minimum atomic E-state index is -0.0846. The summed E-state index contributed by atoms with van der Waals surface area (Å²) in [5, 5.41) is 0. The van der Waals surface area contributed by atoms with Crippen LogP contribution in [0.3, 0.4) is 0 Å². The number of rotatable bonds is 9. The van der Waals surface area contributed by atoms with Crippen molar-refractivity contribution in [1.82, 2.24) is 0 Å². The molecule has 0 fully saturated rings. The van der Waals surface area contributed by atoms with Crippen LogP contribution >= 0.6 is 0 Å². The van der Waals surface area contributed by atoms with Crippen molar-refractivity contribution in [3.8, 4) is 0 Å². The smallest absolute Gasteiger partial charge is 0.305 e. The molecular weight excluding hydrogens is 226 g/mol. The van der Waals surface area contributed by atoms with Gasteiger partial charge in [-0.2, -0.15) is 0 Å². The molecule has 100 valence electrons. The second-order valence-corrected chi connectivity index (χ2v) is 4.41. The predicted octanol–water partition coefficient (Wildman–Crippen LogP) is 2.68.